The maximum Gasteiger partial charge on any atom is 0.0423 e. The number of nitrogens with zero attached hydrogens (tertiary/aromatic N) is 1. The zero-order valence-corrected chi connectivity index (χ0v) is 7.04. The van der Waals surface area contributed by atoms with Crippen molar-refractivity contribution < 1.29 is 0 Å². The van der Waals surface area contributed by atoms with Gasteiger partial charge in [-0.3, -0.25) is 4.98 Å². The molecule has 0 spiro atoms. The number of hydrogen-bond acceptors (Lipinski definition) is 3. The highest BCUT2D eigenvalue weighted by Crippen LogP contribution is 2.12. The molecule has 1 rings (SSSR count). The molecule has 0 unspecified atom stereocenters. The van der Waals surface area contributed by atoms with Gasteiger partial charge in [-0.05, 0) is 42.8 Å². The van der Waals surface area contributed by atoms with Crippen LogP contribution in [0.4, 0.5) is 0 Å². The highest BCUT2D eigenvalue weighted by Gasteiger charge is 1.90. The molecule has 1 aromatic heterocycles. The first-order valence-corrected chi connectivity index (χ1v) is 3.97. The quantitative estimate of drug-likeness (QED) is 0.550. The molecule has 0 radical (unpaired) electrons. The number of aromatic nitrogens is 1. The van der Waals surface area contributed by atoms with E-state index in [-0.39, 0.29) is 0 Å². The molecule has 0 aliphatic carbocycles. The lowest BCUT2D eigenvalue weighted by Gasteiger charge is -1.95. The van der Waals surface area contributed by atoms with Gasteiger partial charge in [0.25, 0.3) is 0 Å². The van der Waals surface area contributed by atoms with E-state index in [1.807, 2.05) is 19.1 Å². The van der Waals surface area contributed by atoms with Crippen LogP contribution in [0.2, 0.25) is 0 Å². The average molecular weight is 175 g/mol. The first-order chi connectivity index (χ1) is 4.83. The maximum atomic E-state index is 5.26. The summed E-state index contributed by atoms with van der Waals surface area (Å²) >= 11 is 6.60. The molecule has 0 saturated carbocycles. The van der Waals surface area contributed by atoms with Crippen LogP contribution in [0.15, 0.2) is 23.2 Å². The summed E-state index contributed by atoms with van der Waals surface area (Å²) in [7, 11) is 0. The summed E-state index contributed by atoms with van der Waals surface area (Å²) in [5, 5.41) is 0. The minimum absolute atomic E-state index is 1.01. The van der Waals surface area contributed by atoms with Gasteiger partial charge >= 0.3 is 0 Å². The number of rotatable bonds is 2. The van der Waals surface area contributed by atoms with Crippen molar-refractivity contribution in [1.82, 2.24) is 9.23 Å². The van der Waals surface area contributed by atoms with E-state index in [1.165, 1.54) is 11.9 Å². The molecule has 0 amide bonds. The van der Waals surface area contributed by atoms with Crippen LogP contribution in [0.3, 0.4) is 0 Å². The largest absolute Gasteiger partial charge is 0.260 e. The monoisotopic (exact) mass is 174 g/mol. The molecule has 4 heteroatoms. The Morgan fingerprint density at radius 1 is 1.60 bits per heavy atom. The van der Waals surface area contributed by atoms with Crippen molar-refractivity contribution in [3.8, 4) is 0 Å². The average Bonchev–Trinajstić information content (AvgIpc) is 1.95. The fourth-order valence-electron chi connectivity index (χ4n) is 0.559. The van der Waals surface area contributed by atoms with E-state index in [2.05, 4.69) is 9.23 Å². The second-order valence-corrected chi connectivity index (χ2v) is 3.11. The topological polar surface area (TPSA) is 24.9 Å². The first-order valence-electron chi connectivity index (χ1n) is 2.78. The van der Waals surface area contributed by atoms with Crippen LogP contribution in [-0.2, 0) is 0 Å². The lowest BCUT2D eigenvalue weighted by atomic mass is 10.4. The van der Waals surface area contributed by atoms with Gasteiger partial charge in [0.1, 0.15) is 0 Å². The van der Waals surface area contributed by atoms with Crippen molar-refractivity contribution in [2.24, 2.45) is 0 Å². The van der Waals surface area contributed by atoms with Gasteiger partial charge in [0, 0.05) is 16.8 Å². The predicted octanol–water partition coefficient (Wildman–Crippen LogP) is 2.14. The second-order valence-electron chi connectivity index (χ2n) is 1.81. The third-order valence-corrected chi connectivity index (χ3v) is 1.83. The molecular formula is C6H7ClN2S. The minimum atomic E-state index is 1.01. The normalized spacial score (nSPS) is 9.80. The fourth-order valence-corrected chi connectivity index (χ4v) is 1.16. The van der Waals surface area contributed by atoms with Crippen molar-refractivity contribution >= 4 is 23.7 Å². The molecule has 1 N–H and O–H groups in total. The van der Waals surface area contributed by atoms with E-state index >= 15 is 0 Å². The predicted molar refractivity (Wildman–Crippen MR) is 43.8 cm³/mol. The molecule has 0 saturated heterocycles. The van der Waals surface area contributed by atoms with Crippen LogP contribution in [-0.4, -0.2) is 4.98 Å². The molecule has 0 aromatic carbocycles. The summed E-state index contributed by atoms with van der Waals surface area (Å²) in [6.07, 6.45) is 1.77. The van der Waals surface area contributed by atoms with E-state index in [0.29, 0.717) is 0 Å². The Morgan fingerprint density at radius 3 is 2.90 bits per heavy atom. The Balaban J connectivity index is 2.69. The van der Waals surface area contributed by atoms with Gasteiger partial charge in [0.05, 0.1) is 0 Å². The van der Waals surface area contributed by atoms with Gasteiger partial charge in [-0.1, -0.05) is 0 Å². The van der Waals surface area contributed by atoms with Gasteiger partial charge in [-0.25, -0.2) is 0 Å². The Labute approximate surface area is 69.2 Å². The highest BCUT2D eigenvalue weighted by molar-refractivity contribution is 7.98. The lowest BCUT2D eigenvalue weighted by molar-refractivity contribution is 1.15. The van der Waals surface area contributed by atoms with Gasteiger partial charge < -0.3 is 0 Å². The first kappa shape index (κ1) is 7.85. The molecule has 1 heterocycles. The van der Waals surface area contributed by atoms with E-state index in [9.17, 15) is 0 Å². The molecule has 0 atom stereocenters. The lowest BCUT2D eigenvalue weighted by Crippen LogP contribution is -1.84. The third-order valence-electron chi connectivity index (χ3n) is 1.04. The van der Waals surface area contributed by atoms with E-state index in [1.54, 1.807) is 6.20 Å². The molecule has 0 bridgehead atoms. The SMILES string of the molecule is Cc1ccc(SNCl)cn1. The minimum Gasteiger partial charge on any atom is -0.260 e. The van der Waals surface area contributed by atoms with Crippen LogP contribution in [0.25, 0.3) is 0 Å². The van der Waals surface area contributed by atoms with Crippen molar-refractivity contribution in [2.45, 2.75) is 11.8 Å². The summed E-state index contributed by atoms with van der Waals surface area (Å²) < 4.78 is 2.45. The van der Waals surface area contributed by atoms with Crippen LogP contribution < -0.4 is 4.24 Å². The van der Waals surface area contributed by atoms with E-state index in [4.69, 9.17) is 11.8 Å². The van der Waals surface area contributed by atoms with Crippen molar-refractivity contribution in [3.05, 3.63) is 24.0 Å². The second kappa shape index (κ2) is 3.81. The van der Waals surface area contributed by atoms with Gasteiger partial charge in [-0.15, -0.1) is 0 Å². The van der Waals surface area contributed by atoms with E-state index < -0.39 is 0 Å². The van der Waals surface area contributed by atoms with Crippen LogP contribution in [0, 0.1) is 6.92 Å². The molecule has 1 aromatic rings. The van der Waals surface area contributed by atoms with Crippen LogP contribution in [0.5, 0.6) is 0 Å². The van der Waals surface area contributed by atoms with Gasteiger partial charge in [0.15, 0.2) is 0 Å². The Hall–Kier alpha value is -0.250. The van der Waals surface area contributed by atoms with Crippen LogP contribution >= 0.6 is 23.7 Å². The third kappa shape index (κ3) is 2.17. The van der Waals surface area contributed by atoms with Crippen LogP contribution in [0.1, 0.15) is 5.69 Å². The maximum absolute atomic E-state index is 5.26. The van der Waals surface area contributed by atoms with E-state index in [0.717, 1.165) is 10.6 Å². The molecule has 0 fully saturated rings. The molecule has 54 valence electrons. The summed E-state index contributed by atoms with van der Waals surface area (Å²) in [6, 6.07) is 3.90. The summed E-state index contributed by atoms with van der Waals surface area (Å²) in [5.74, 6) is 0. The standard InChI is InChI=1S/C6H7ClN2S/c1-5-2-3-6(4-8-5)10-9-7/h2-4,9H,1H3. The Kier molecular flexibility index (Phi) is 2.99. The number of halogens is 1. The number of pyridine rings is 1. The summed E-state index contributed by atoms with van der Waals surface area (Å²) in [5.41, 5.74) is 1.01. The highest BCUT2D eigenvalue weighted by atomic mass is 35.5. The zero-order chi connectivity index (χ0) is 7.40. The Morgan fingerprint density at radius 2 is 2.40 bits per heavy atom. The smallest absolute Gasteiger partial charge is 0.0423 e. The summed E-state index contributed by atoms with van der Waals surface area (Å²) in [4.78, 5) is 5.09. The van der Waals surface area contributed by atoms with Gasteiger partial charge in [0.2, 0.25) is 0 Å². The molecule has 0 aliphatic heterocycles. The fraction of sp³-hybridized carbons (Fsp3) is 0.167. The van der Waals surface area contributed by atoms with Gasteiger partial charge in [-0.2, -0.15) is 4.24 Å². The molecular weight excluding hydrogens is 168 g/mol. The van der Waals surface area contributed by atoms with Crippen molar-refractivity contribution in [2.75, 3.05) is 0 Å². The number of nitrogens with one attached hydrogen (secondary N) is 1. The Bertz CT molecular complexity index is 199. The molecule has 2 nitrogen and oxygen atoms in total. The number of hydrogen-bond donors (Lipinski definition) is 1. The summed E-state index contributed by atoms with van der Waals surface area (Å²) in [6.45, 7) is 1.95. The molecule has 0 aliphatic rings. The van der Waals surface area contributed by atoms with Crippen molar-refractivity contribution in [1.29, 1.82) is 0 Å². The zero-order valence-electron chi connectivity index (χ0n) is 5.47. The molecule has 10 heavy (non-hydrogen) atoms. The van der Waals surface area contributed by atoms with Crippen molar-refractivity contribution in [3.63, 3.8) is 0 Å². The number of aryl methyl sites for hydroxylation is 1.